The van der Waals surface area contributed by atoms with E-state index in [1.165, 1.54) is 24.1 Å². The Kier molecular flexibility index (Phi) is 11.9. The summed E-state index contributed by atoms with van der Waals surface area (Å²) >= 11 is 0. The van der Waals surface area contributed by atoms with Gasteiger partial charge in [-0.15, -0.1) is 0 Å². The Hall–Kier alpha value is -4.11. The van der Waals surface area contributed by atoms with Crippen molar-refractivity contribution >= 4 is 42.6 Å². The first-order chi connectivity index (χ1) is 23.5. The molecule has 3 unspecified atom stereocenters. The van der Waals surface area contributed by atoms with E-state index in [0.29, 0.717) is 0 Å². The predicted octanol–water partition coefficient (Wildman–Crippen LogP) is 4.40. The number of esters is 3. The Bertz CT molecular complexity index is 1650. The number of para-hydroxylation sites is 1. The first-order valence-corrected chi connectivity index (χ1v) is 18.0. The number of benzene rings is 1. The summed E-state index contributed by atoms with van der Waals surface area (Å²) < 4.78 is 51.7. The summed E-state index contributed by atoms with van der Waals surface area (Å²) in [6.07, 6.45) is 1.08. The molecule has 0 radical (unpaired) electrons. The number of hydrogen-bond donors (Lipinski definition) is 2. The molecule has 0 bridgehead atoms. The van der Waals surface area contributed by atoms with E-state index in [1.807, 2.05) is 0 Å². The van der Waals surface area contributed by atoms with Gasteiger partial charge in [0.05, 0.1) is 12.4 Å². The van der Waals surface area contributed by atoms with Crippen molar-refractivity contribution in [1.82, 2.24) is 24.6 Å². The molecule has 2 fully saturated rings. The van der Waals surface area contributed by atoms with Crippen LogP contribution in [0.2, 0.25) is 0 Å². The fourth-order valence-electron chi connectivity index (χ4n) is 5.77. The zero-order valence-corrected chi connectivity index (χ0v) is 28.8. The fraction of sp³-hybridized carbons (Fsp3) is 0.562. The summed E-state index contributed by atoms with van der Waals surface area (Å²) in [6.45, 7) is 6.28. The molecule has 7 atom stereocenters. The lowest BCUT2D eigenvalue weighted by Gasteiger charge is -2.30. The van der Waals surface area contributed by atoms with Gasteiger partial charge in [-0.3, -0.25) is 23.5 Å². The summed E-state index contributed by atoms with van der Waals surface area (Å²) in [5.74, 6) is -1.48. The number of nitrogens with zero attached hydrogens (tertiary/aromatic N) is 4. The minimum Gasteiger partial charge on any atom is -0.461 e. The van der Waals surface area contributed by atoms with E-state index in [2.05, 4.69) is 20.0 Å². The molecule has 1 saturated heterocycles. The highest BCUT2D eigenvalue weighted by Gasteiger charge is 2.54. The van der Waals surface area contributed by atoms with Gasteiger partial charge in [0.25, 0.3) is 0 Å². The Morgan fingerprint density at radius 2 is 1.65 bits per heavy atom. The Morgan fingerprint density at radius 1 is 0.980 bits per heavy atom. The van der Waals surface area contributed by atoms with Crippen LogP contribution in [-0.4, -0.2) is 74.0 Å². The maximum atomic E-state index is 14.5. The standard InChI is InChI=1S/C32H43N6O10P/c1-5-23(39)44-27-26(46-31(28(27)45-24(40)6-2)38-18-36-25-29(33)34-17-35-30(25)38)20(4)47-49(42,48-22-15-11-8-12-16-22)37-19(3)32(41)43-21-13-9-7-10-14-21/h8,11-12,15-21,26-28,31H,5-7,9-10,13-14H2,1-4H3,(H,37,42)(H2,33,34,35)/t19?,20?,26-,27-,28-,31-,49?/m1/s1. The number of anilines is 1. The largest absolute Gasteiger partial charge is 0.461 e. The fourth-order valence-corrected chi connectivity index (χ4v) is 7.46. The number of fused-ring (bicyclic) bond motifs is 1. The van der Waals surface area contributed by atoms with Crippen LogP contribution in [-0.2, 0) is 42.4 Å². The van der Waals surface area contributed by atoms with Gasteiger partial charge < -0.3 is 29.2 Å². The van der Waals surface area contributed by atoms with Crippen LogP contribution < -0.4 is 15.3 Å². The normalized spacial score (nSPS) is 23.7. The van der Waals surface area contributed by atoms with Crippen LogP contribution in [0, 0.1) is 0 Å². The van der Waals surface area contributed by atoms with Crippen molar-refractivity contribution in [3.63, 3.8) is 0 Å². The van der Waals surface area contributed by atoms with Crippen LogP contribution in [0.3, 0.4) is 0 Å². The molecule has 3 heterocycles. The summed E-state index contributed by atoms with van der Waals surface area (Å²) in [4.78, 5) is 51.1. The average molecular weight is 703 g/mol. The Morgan fingerprint density at radius 3 is 2.33 bits per heavy atom. The molecule has 1 aliphatic heterocycles. The number of hydrogen-bond acceptors (Lipinski definition) is 14. The topological polar surface area (TPSA) is 205 Å². The van der Waals surface area contributed by atoms with Gasteiger partial charge >= 0.3 is 25.7 Å². The van der Waals surface area contributed by atoms with Gasteiger partial charge in [-0.1, -0.05) is 38.5 Å². The lowest BCUT2D eigenvalue weighted by Crippen LogP contribution is -2.44. The third-order valence-electron chi connectivity index (χ3n) is 8.28. The summed E-state index contributed by atoms with van der Waals surface area (Å²) in [5.41, 5.74) is 6.56. The van der Waals surface area contributed by atoms with E-state index in [-0.39, 0.29) is 41.7 Å². The van der Waals surface area contributed by atoms with Crippen molar-refractivity contribution in [3.8, 4) is 5.75 Å². The van der Waals surface area contributed by atoms with Crippen LogP contribution in [0.25, 0.3) is 11.2 Å². The zero-order chi connectivity index (χ0) is 35.1. The monoisotopic (exact) mass is 702 g/mol. The van der Waals surface area contributed by atoms with Gasteiger partial charge in [-0.2, -0.15) is 5.09 Å². The number of nitrogens with two attached hydrogens (primary N) is 1. The number of nitrogen functional groups attached to an aromatic ring is 1. The molecule has 0 amide bonds. The second-order valence-corrected chi connectivity index (χ2v) is 13.6. The molecule has 1 saturated carbocycles. The zero-order valence-electron chi connectivity index (χ0n) is 27.9. The number of carbonyl (C=O) groups excluding carboxylic acids is 3. The highest BCUT2D eigenvalue weighted by molar-refractivity contribution is 7.52. The SMILES string of the molecule is CCC(=O)O[C@@H]1[C@H](OC(=O)CC)[C@@H](C(C)OP(=O)(NC(C)C(=O)OC2CCCCC2)Oc2ccccc2)O[C@H]1n1cnc2c(N)ncnc21. The van der Waals surface area contributed by atoms with Crippen molar-refractivity contribution in [2.45, 2.75) is 115 Å². The quantitative estimate of drug-likeness (QED) is 0.136. The number of ether oxygens (including phenoxy) is 4. The van der Waals surface area contributed by atoms with Gasteiger partial charge in [-0.05, 0) is 51.7 Å². The molecule has 5 rings (SSSR count). The minimum atomic E-state index is -4.39. The van der Waals surface area contributed by atoms with Crippen molar-refractivity contribution in [2.24, 2.45) is 0 Å². The van der Waals surface area contributed by atoms with E-state index >= 15 is 0 Å². The first-order valence-electron chi connectivity index (χ1n) is 16.5. The third-order valence-corrected chi connectivity index (χ3v) is 10.0. The number of carbonyl (C=O) groups is 3. The molecule has 1 aromatic carbocycles. The second kappa shape index (κ2) is 16.1. The maximum absolute atomic E-state index is 14.5. The van der Waals surface area contributed by atoms with E-state index < -0.39 is 62.3 Å². The molecule has 1 aliphatic carbocycles. The van der Waals surface area contributed by atoms with Crippen LogP contribution in [0.5, 0.6) is 5.75 Å². The maximum Gasteiger partial charge on any atom is 0.459 e. The van der Waals surface area contributed by atoms with E-state index in [9.17, 15) is 18.9 Å². The molecule has 17 heteroatoms. The van der Waals surface area contributed by atoms with Crippen LogP contribution >= 0.6 is 7.75 Å². The molecular weight excluding hydrogens is 659 g/mol. The number of aromatic nitrogens is 4. The van der Waals surface area contributed by atoms with E-state index in [0.717, 1.165) is 32.1 Å². The van der Waals surface area contributed by atoms with Gasteiger partial charge in [-0.25, -0.2) is 19.5 Å². The molecule has 16 nitrogen and oxygen atoms in total. The smallest absolute Gasteiger partial charge is 0.459 e. The molecule has 2 aromatic heterocycles. The lowest BCUT2D eigenvalue weighted by atomic mass is 9.98. The molecule has 3 N–H and O–H groups in total. The predicted molar refractivity (Wildman–Crippen MR) is 175 cm³/mol. The molecular formula is C32H43N6O10P. The van der Waals surface area contributed by atoms with E-state index in [4.69, 9.17) is 33.7 Å². The van der Waals surface area contributed by atoms with Crippen molar-refractivity contribution in [3.05, 3.63) is 43.0 Å². The van der Waals surface area contributed by atoms with Crippen LogP contribution in [0.4, 0.5) is 5.82 Å². The van der Waals surface area contributed by atoms with Gasteiger partial charge in [0.15, 0.2) is 29.9 Å². The first kappa shape index (κ1) is 36.2. The van der Waals surface area contributed by atoms with Gasteiger partial charge in [0.2, 0.25) is 0 Å². The average Bonchev–Trinajstić information content (AvgIpc) is 3.67. The molecule has 3 aromatic rings. The Labute approximate surface area is 283 Å². The van der Waals surface area contributed by atoms with Crippen LogP contribution in [0.15, 0.2) is 43.0 Å². The molecule has 2 aliphatic rings. The summed E-state index contributed by atoms with van der Waals surface area (Å²) in [5, 5.41) is 2.72. The minimum absolute atomic E-state index is 0.00706. The van der Waals surface area contributed by atoms with Gasteiger partial charge in [0.1, 0.15) is 35.8 Å². The van der Waals surface area contributed by atoms with Gasteiger partial charge in [0, 0.05) is 12.8 Å². The second-order valence-electron chi connectivity index (χ2n) is 12.0. The van der Waals surface area contributed by atoms with E-state index in [1.54, 1.807) is 51.1 Å². The molecule has 0 spiro atoms. The summed E-state index contributed by atoms with van der Waals surface area (Å²) in [6, 6.07) is 7.21. The highest BCUT2D eigenvalue weighted by Crippen LogP contribution is 2.49. The molecule has 49 heavy (non-hydrogen) atoms. The van der Waals surface area contributed by atoms with Crippen molar-refractivity contribution < 1.29 is 46.9 Å². The number of nitrogens with one attached hydrogen (secondary N) is 1. The van der Waals surface area contributed by atoms with Crippen molar-refractivity contribution in [2.75, 3.05) is 5.73 Å². The van der Waals surface area contributed by atoms with Crippen molar-refractivity contribution in [1.29, 1.82) is 0 Å². The summed E-state index contributed by atoms with van der Waals surface area (Å²) in [7, 11) is -4.39. The Balaban J connectivity index is 1.46. The highest BCUT2D eigenvalue weighted by atomic mass is 31.2. The lowest BCUT2D eigenvalue weighted by molar-refractivity contribution is -0.168. The number of rotatable bonds is 14. The third kappa shape index (κ3) is 8.74. The van der Waals surface area contributed by atoms with Crippen LogP contribution in [0.1, 0.15) is 78.9 Å². The number of imidazole rings is 1. The molecule has 266 valence electrons.